The van der Waals surface area contributed by atoms with Crippen LogP contribution >= 0.6 is 0 Å². The number of hydrogen-bond acceptors (Lipinski definition) is 7. The van der Waals surface area contributed by atoms with Crippen molar-refractivity contribution < 1.29 is 33.9 Å². The fraction of sp³-hybridized carbons (Fsp3) is 0.391. The SMILES string of the molecule is COc1ccc(C2c3c(cc(OC)c(OC)c3OC)C=C(CO)C2CO)cc1OC. The number of hydrogen-bond donors (Lipinski definition) is 2. The molecule has 7 nitrogen and oxygen atoms in total. The van der Waals surface area contributed by atoms with Crippen LogP contribution in [0.3, 0.4) is 0 Å². The Balaban J connectivity index is 2.34. The van der Waals surface area contributed by atoms with E-state index in [4.69, 9.17) is 23.7 Å². The molecule has 0 aliphatic heterocycles. The summed E-state index contributed by atoms with van der Waals surface area (Å²) in [6.07, 6.45) is 1.87. The van der Waals surface area contributed by atoms with Gasteiger partial charge in [0.25, 0.3) is 0 Å². The van der Waals surface area contributed by atoms with Crippen molar-refractivity contribution in [3.05, 3.63) is 46.5 Å². The van der Waals surface area contributed by atoms with Crippen LogP contribution in [0, 0.1) is 5.92 Å². The standard InChI is InChI=1S/C23H28O7/c1-26-17-7-6-13(9-18(17)27-2)20-16(12-25)15(11-24)8-14-10-19(28-3)22(29-4)23(30-5)21(14)20/h6-10,16,20,24-25H,11-12H2,1-5H3. The lowest BCUT2D eigenvalue weighted by molar-refractivity contribution is 0.213. The van der Waals surface area contributed by atoms with Crippen LogP contribution in [0.15, 0.2) is 29.8 Å². The summed E-state index contributed by atoms with van der Waals surface area (Å²) in [6.45, 7) is -0.326. The molecule has 0 amide bonds. The summed E-state index contributed by atoms with van der Waals surface area (Å²) in [7, 11) is 7.85. The summed E-state index contributed by atoms with van der Waals surface area (Å²) in [5, 5.41) is 20.3. The minimum Gasteiger partial charge on any atom is -0.493 e. The first kappa shape index (κ1) is 21.8. The van der Waals surface area contributed by atoms with Gasteiger partial charge in [0.2, 0.25) is 5.75 Å². The molecule has 0 radical (unpaired) electrons. The molecule has 2 aromatic rings. The molecule has 2 atom stereocenters. The molecule has 2 N–H and O–H groups in total. The number of aliphatic hydroxyl groups excluding tert-OH is 2. The van der Waals surface area contributed by atoms with Crippen molar-refractivity contribution in [1.82, 2.24) is 0 Å². The third-order valence-electron chi connectivity index (χ3n) is 5.58. The molecule has 0 saturated carbocycles. The van der Waals surface area contributed by atoms with Crippen LogP contribution in [0.2, 0.25) is 0 Å². The highest BCUT2D eigenvalue weighted by atomic mass is 16.5. The van der Waals surface area contributed by atoms with Gasteiger partial charge in [0.05, 0.1) is 48.8 Å². The molecule has 3 rings (SSSR count). The molecule has 2 unspecified atom stereocenters. The normalized spacial score (nSPS) is 17.6. The van der Waals surface area contributed by atoms with E-state index < -0.39 is 0 Å². The van der Waals surface area contributed by atoms with Crippen LogP contribution < -0.4 is 23.7 Å². The molecule has 0 bridgehead atoms. The van der Waals surface area contributed by atoms with Gasteiger partial charge in [0.1, 0.15) is 0 Å². The highest BCUT2D eigenvalue weighted by Gasteiger charge is 2.37. The fourth-order valence-corrected chi connectivity index (χ4v) is 4.19. The Kier molecular flexibility index (Phi) is 6.74. The van der Waals surface area contributed by atoms with Crippen LogP contribution in [0.25, 0.3) is 6.08 Å². The van der Waals surface area contributed by atoms with E-state index in [1.807, 2.05) is 30.3 Å². The minimum atomic E-state index is -0.354. The number of fused-ring (bicyclic) bond motifs is 1. The van der Waals surface area contributed by atoms with Crippen LogP contribution in [0.5, 0.6) is 28.7 Å². The average molecular weight is 416 g/mol. The molecule has 1 aliphatic rings. The van der Waals surface area contributed by atoms with E-state index in [1.54, 1.807) is 35.5 Å². The van der Waals surface area contributed by atoms with Crippen molar-refractivity contribution in [1.29, 1.82) is 0 Å². The zero-order valence-corrected chi connectivity index (χ0v) is 17.9. The van der Waals surface area contributed by atoms with E-state index in [9.17, 15) is 10.2 Å². The largest absolute Gasteiger partial charge is 0.493 e. The number of aliphatic hydroxyl groups is 2. The van der Waals surface area contributed by atoms with E-state index in [0.717, 1.165) is 22.3 Å². The quantitative estimate of drug-likeness (QED) is 0.684. The van der Waals surface area contributed by atoms with Gasteiger partial charge in [0.15, 0.2) is 23.0 Å². The second-order valence-corrected chi connectivity index (χ2v) is 6.91. The monoisotopic (exact) mass is 416 g/mol. The molecular formula is C23H28O7. The van der Waals surface area contributed by atoms with Crippen molar-refractivity contribution in [3.8, 4) is 28.7 Å². The van der Waals surface area contributed by atoms with E-state index in [2.05, 4.69) is 0 Å². The van der Waals surface area contributed by atoms with Crippen LogP contribution in [-0.2, 0) is 0 Å². The lowest BCUT2D eigenvalue weighted by atomic mass is 9.71. The molecule has 7 heteroatoms. The summed E-state index contributed by atoms with van der Waals surface area (Å²) in [5.41, 5.74) is 3.29. The molecule has 30 heavy (non-hydrogen) atoms. The third kappa shape index (κ3) is 3.55. The maximum absolute atomic E-state index is 10.3. The van der Waals surface area contributed by atoms with Crippen molar-refractivity contribution >= 4 is 6.08 Å². The molecule has 0 saturated heterocycles. The summed E-state index contributed by atoms with van der Waals surface area (Å²) >= 11 is 0. The van der Waals surface area contributed by atoms with Crippen LogP contribution in [0.1, 0.15) is 22.6 Å². The fourth-order valence-electron chi connectivity index (χ4n) is 4.19. The predicted molar refractivity (Wildman–Crippen MR) is 113 cm³/mol. The van der Waals surface area contributed by atoms with Gasteiger partial charge in [-0.3, -0.25) is 0 Å². The smallest absolute Gasteiger partial charge is 0.203 e. The van der Waals surface area contributed by atoms with Gasteiger partial charge in [-0.25, -0.2) is 0 Å². The Labute approximate surface area is 176 Å². The first-order valence-corrected chi connectivity index (χ1v) is 9.55. The maximum atomic E-state index is 10.3. The van der Waals surface area contributed by atoms with Gasteiger partial charge < -0.3 is 33.9 Å². The highest BCUT2D eigenvalue weighted by Crippen LogP contribution is 2.53. The molecule has 2 aromatic carbocycles. The Morgan fingerprint density at radius 3 is 1.97 bits per heavy atom. The maximum Gasteiger partial charge on any atom is 0.203 e. The van der Waals surface area contributed by atoms with E-state index in [1.165, 1.54) is 0 Å². The predicted octanol–water partition coefficient (Wildman–Crippen LogP) is 2.86. The van der Waals surface area contributed by atoms with E-state index in [0.29, 0.717) is 28.7 Å². The topological polar surface area (TPSA) is 86.6 Å². The average Bonchev–Trinajstić information content (AvgIpc) is 2.80. The summed E-state index contributed by atoms with van der Waals surface area (Å²) in [6, 6.07) is 7.49. The summed E-state index contributed by atoms with van der Waals surface area (Å²) in [5.74, 6) is 2.04. The van der Waals surface area contributed by atoms with Crippen molar-refractivity contribution in [2.75, 3.05) is 48.8 Å². The lowest BCUT2D eigenvalue weighted by Gasteiger charge is -2.35. The Morgan fingerprint density at radius 2 is 1.43 bits per heavy atom. The van der Waals surface area contributed by atoms with Crippen LogP contribution in [0.4, 0.5) is 0 Å². The first-order chi connectivity index (χ1) is 14.6. The van der Waals surface area contributed by atoms with E-state index >= 15 is 0 Å². The minimum absolute atomic E-state index is 0.150. The molecular weight excluding hydrogens is 388 g/mol. The molecule has 0 aromatic heterocycles. The van der Waals surface area contributed by atoms with Crippen molar-refractivity contribution in [3.63, 3.8) is 0 Å². The van der Waals surface area contributed by atoms with Gasteiger partial charge in [-0.1, -0.05) is 12.1 Å². The molecule has 162 valence electrons. The highest BCUT2D eigenvalue weighted by molar-refractivity contribution is 5.73. The zero-order valence-electron chi connectivity index (χ0n) is 17.9. The molecule has 0 spiro atoms. The first-order valence-electron chi connectivity index (χ1n) is 9.55. The second-order valence-electron chi connectivity index (χ2n) is 6.91. The Hall–Kier alpha value is -2.90. The second kappa shape index (κ2) is 9.28. The number of methoxy groups -OCH3 is 5. The van der Waals surface area contributed by atoms with Gasteiger partial charge in [-0.15, -0.1) is 0 Å². The zero-order chi connectivity index (χ0) is 21.8. The number of rotatable bonds is 8. The molecule has 0 fully saturated rings. The number of benzene rings is 2. The number of ether oxygens (including phenoxy) is 5. The van der Waals surface area contributed by atoms with Crippen LogP contribution in [-0.4, -0.2) is 59.0 Å². The molecule has 0 heterocycles. The van der Waals surface area contributed by atoms with Crippen molar-refractivity contribution in [2.45, 2.75) is 5.92 Å². The van der Waals surface area contributed by atoms with Gasteiger partial charge in [-0.2, -0.15) is 0 Å². The summed E-state index contributed by atoms with van der Waals surface area (Å²) in [4.78, 5) is 0. The van der Waals surface area contributed by atoms with Gasteiger partial charge in [-0.05, 0) is 34.9 Å². The van der Waals surface area contributed by atoms with Gasteiger partial charge >= 0.3 is 0 Å². The van der Waals surface area contributed by atoms with E-state index in [-0.39, 0.29) is 25.0 Å². The van der Waals surface area contributed by atoms with Crippen molar-refractivity contribution in [2.24, 2.45) is 5.92 Å². The lowest BCUT2D eigenvalue weighted by Crippen LogP contribution is -2.26. The summed E-state index contributed by atoms with van der Waals surface area (Å²) < 4.78 is 27.7. The molecule has 1 aliphatic carbocycles. The van der Waals surface area contributed by atoms with Gasteiger partial charge in [0, 0.05) is 17.4 Å². The Morgan fingerprint density at radius 1 is 0.767 bits per heavy atom. The Bertz CT molecular complexity index is 936. The third-order valence-corrected chi connectivity index (χ3v) is 5.58.